The van der Waals surface area contributed by atoms with Gasteiger partial charge in [0.15, 0.2) is 5.82 Å². The highest BCUT2D eigenvalue weighted by atomic mass is 16.4. The maximum Gasteiger partial charge on any atom is 0.308 e. The Bertz CT molecular complexity index is 427. The van der Waals surface area contributed by atoms with E-state index in [9.17, 15) is 4.79 Å². The Morgan fingerprint density at radius 1 is 1.75 bits per heavy atom. The third-order valence-electron chi connectivity index (χ3n) is 2.15. The van der Waals surface area contributed by atoms with E-state index in [1.54, 1.807) is 24.9 Å². The number of carboxylic acid groups (broad SMARTS) is 1. The van der Waals surface area contributed by atoms with E-state index in [0.29, 0.717) is 11.4 Å². The summed E-state index contributed by atoms with van der Waals surface area (Å²) in [5, 5.41) is 25.1. The maximum absolute atomic E-state index is 10.7. The fourth-order valence-corrected chi connectivity index (χ4v) is 1.27. The summed E-state index contributed by atoms with van der Waals surface area (Å²) in [7, 11) is 1.68. The molecule has 1 aromatic heterocycles. The van der Waals surface area contributed by atoms with Crippen LogP contribution in [0.2, 0.25) is 0 Å². The predicted molar refractivity (Wildman–Crippen MR) is 56.8 cm³/mol. The van der Waals surface area contributed by atoms with Crippen LogP contribution in [-0.4, -0.2) is 34.9 Å². The Balaban J connectivity index is 2.85. The summed E-state index contributed by atoms with van der Waals surface area (Å²) in [6.07, 6.45) is 1.43. The first-order chi connectivity index (χ1) is 7.56. The van der Waals surface area contributed by atoms with Crippen molar-refractivity contribution in [1.82, 2.24) is 10.2 Å². The second kappa shape index (κ2) is 5.07. The van der Waals surface area contributed by atoms with Crippen LogP contribution in [0.3, 0.4) is 0 Å². The third-order valence-corrected chi connectivity index (χ3v) is 2.15. The number of anilines is 1. The highest BCUT2D eigenvalue weighted by molar-refractivity contribution is 5.70. The molecular weight excluding hydrogens is 208 g/mol. The molecule has 16 heavy (non-hydrogen) atoms. The van der Waals surface area contributed by atoms with Crippen molar-refractivity contribution in [1.29, 1.82) is 5.26 Å². The molecule has 0 aliphatic heterocycles. The molecule has 0 bridgehead atoms. The number of hydrogen-bond donors (Lipinski definition) is 1. The smallest absolute Gasteiger partial charge is 0.308 e. The SMILES string of the molecule is CC(CN(C)c1nnccc1C#N)C(=O)O. The van der Waals surface area contributed by atoms with E-state index in [4.69, 9.17) is 10.4 Å². The summed E-state index contributed by atoms with van der Waals surface area (Å²) in [4.78, 5) is 12.3. The van der Waals surface area contributed by atoms with Gasteiger partial charge in [0, 0.05) is 13.6 Å². The summed E-state index contributed by atoms with van der Waals surface area (Å²) < 4.78 is 0. The summed E-state index contributed by atoms with van der Waals surface area (Å²) in [5.74, 6) is -1.01. The molecule has 0 aliphatic rings. The highest BCUT2D eigenvalue weighted by Gasteiger charge is 2.16. The molecule has 1 heterocycles. The van der Waals surface area contributed by atoms with Gasteiger partial charge < -0.3 is 10.0 Å². The van der Waals surface area contributed by atoms with Gasteiger partial charge in [-0.3, -0.25) is 4.79 Å². The van der Waals surface area contributed by atoms with Gasteiger partial charge in [0.05, 0.1) is 17.7 Å². The van der Waals surface area contributed by atoms with Crippen molar-refractivity contribution in [3.63, 3.8) is 0 Å². The Morgan fingerprint density at radius 2 is 2.44 bits per heavy atom. The monoisotopic (exact) mass is 220 g/mol. The molecule has 1 atom stereocenters. The Kier molecular flexibility index (Phi) is 3.78. The molecular formula is C10H12N4O2. The van der Waals surface area contributed by atoms with Crippen molar-refractivity contribution in [2.24, 2.45) is 5.92 Å². The Labute approximate surface area is 93.1 Å². The van der Waals surface area contributed by atoms with Crippen LogP contribution < -0.4 is 4.90 Å². The lowest BCUT2D eigenvalue weighted by molar-refractivity contribution is -0.140. The van der Waals surface area contributed by atoms with E-state index in [1.165, 1.54) is 6.20 Å². The van der Waals surface area contributed by atoms with E-state index >= 15 is 0 Å². The zero-order chi connectivity index (χ0) is 12.1. The molecule has 6 heteroatoms. The lowest BCUT2D eigenvalue weighted by Crippen LogP contribution is -2.29. The average molecular weight is 220 g/mol. The van der Waals surface area contributed by atoms with Crippen LogP contribution in [0.25, 0.3) is 0 Å². The third kappa shape index (κ3) is 2.67. The van der Waals surface area contributed by atoms with Crippen molar-refractivity contribution in [2.45, 2.75) is 6.92 Å². The van der Waals surface area contributed by atoms with Gasteiger partial charge in [-0.15, -0.1) is 5.10 Å². The lowest BCUT2D eigenvalue weighted by Gasteiger charge is -2.20. The number of nitrogens with zero attached hydrogens (tertiary/aromatic N) is 4. The second-order valence-corrected chi connectivity index (χ2v) is 3.50. The van der Waals surface area contributed by atoms with Crippen LogP contribution in [-0.2, 0) is 4.79 Å². The molecule has 6 nitrogen and oxygen atoms in total. The Morgan fingerprint density at radius 3 is 3.00 bits per heavy atom. The van der Waals surface area contributed by atoms with Crippen LogP contribution in [0.1, 0.15) is 12.5 Å². The van der Waals surface area contributed by atoms with Crippen LogP contribution in [0.15, 0.2) is 12.3 Å². The zero-order valence-corrected chi connectivity index (χ0v) is 9.08. The van der Waals surface area contributed by atoms with Gasteiger partial charge in [-0.1, -0.05) is 6.92 Å². The molecule has 0 amide bonds. The topological polar surface area (TPSA) is 90.1 Å². The largest absolute Gasteiger partial charge is 0.481 e. The van der Waals surface area contributed by atoms with E-state index in [-0.39, 0.29) is 6.54 Å². The molecule has 0 spiro atoms. The summed E-state index contributed by atoms with van der Waals surface area (Å²) >= 11 is 0. The molecule has 1 rings (SSSR count). The fraction of sp³-hybridized carbons (Fsp3) is 0.400. The maximum atomic E-state index is 10.7. The Hall–Kier alpha value is -2.16. The van der Waals surface area contributed by atoms with Gasteiger partial charge in [0.2, 0.25) is 0 Å². The number of rotatable bonds is 4. The minimum absolute atomic E-state index is 0.280. The van der Waals surface area contributed by atoms with Crippen LogP contribution in [0.4, 0.5) is 5.82 Å². The van der Waals surface area contributed by atoms with E-state index in [0.717, 1.165) is 0 Å². The van der Waals surface area contributed by atoms with Gasteiger partial charge >= 0.3 is 5.97 Å². The molecule has 0 radical (unpaired) electrons. The standard InChI is InChI=1S/C10H12N4O2/c1-7(10(15)16)6-14(2)9-8(5-11)3-4-12-13-9/h3-4,7H,6H2,1-2H3,(H,15,16). The minimum Gasteiger partial charge on any atom is -0.481 e. The fourth-order valence-electron chi connectivity index (χ4n) is 1.27. The average Bonchev–Trinajstić information content (AvgIpc) is 2.28. The predicted octanol–water partition coefficient (Wildman–Crippen LogP) is 0.505. The number of carbonyl (C=O) groups is 1. The van der Waals surface area contributed by atoms with Crippen LogP contribution >= 0.6 is 0 Å². The van der Waals surface area contributed by atoms with Crippen molar-refractivity contribution in [3.8, 4) is 6.07 Å². The van der Waals surface area contributed by atoms with Crippen molar-refractivity contribution in [2.75, 3.05) is 18.5 Å². The van der Waals surface area contributed by atoms with Crippen LogP contribution in [0, 0.1) is 17.2 Å². The number of aliphatic carboxylic acids is 1. The molecule has 0 aromatic carbocycles. The normalized spacial score (nSPS) is 11.6. The summed E-state index contributed by atoms with van der Waals surface area (Å²) in [6, 6.07) is 3.53. The van der Waals surface area contributed by atoms with Gasteiger partial charge in [-0.05, 0) is 6.07 Å². The van der Waals surface area contributed by atoms with Crippen LogP contribution in [0.5, 0.6) is 0 Å². The lowest BCUT2D eigenvalue weighted by atomic mass is 10.1. The number of hydrogen-bond acceptors (Lipinski definition) is 5. The number of nitriles is 1. The van der Waals surface area contributed by atoms with Gasteiger partial charge in [0.1, 0.15) is 6.07 Å². The molecule has 1 aromatic rings. The van der Waals surface area contributed by atoms with Crippen molar-refractivity contribution < 1.29 is 9.90 Å². The van der Waals surface area contributed by atoms with E-state index < -0.39 is 11.9 Å². The molecule has 0 aliphatic carbocycles. The van der Waals surface area contributed by atoms with E-state index in [1.807, 2.05) is 6.07 Å². The minimum atomic E-state index is -0.880. The summed E-state index contributed by atoms with van der Waals surface area (Å²) in [6.45, 7) is 1.88. The van der Waals surface area contributed by atoms with Gasteiger partial charge in [0.25, 0.3) is 0 Å². The molecule has 0 saturated heterocycles. The first-order valence-electron chi connectivity index (χ1n) is 4.72. The highest BCUT2D eigenvalue weighted by Crippen LogP contribution is 2.14. The molecule has 0 saturated carbocycles. The van der Waals surface area contributed by atoms with Crippen molar-refractivity contribution in [3.05, 3.63) is 17.8 Å². The molecule has 84 valence electrons. The first-order valence-corrected chi connectivity index (χ1v) is 4.72. The quantitative estimate of drug-likeness (QED) is 0.794. The number of carboxylic acids is 1. The van der Waals surface area contributed by atoms with Crippen molar-refractivity contribution >= 4 is 11.8 Å². The van der Waals surface area contributed by atoms with Gasteiger partial charge in [-0.2, -0.15) is 10.4 Å². The van der Waals surface area contributed by atoms with Gasteiger partial charge in [-0.25, -0.2) is 0 Å². The zero-order valence-electron chi connectivity index (χ0n) is 9.08. The first kappa shape index (κ1) is 11.9. The molecule has 1 N–H and O–H groups in total. The number of aromatic nitrogens is 2. The second-order valence-electron chi connectivity index (χ2n) is 3.50. The van der Waals surface area contributed by atoms with E-state index in [2.05, 4.69) is 10.2 Å². The molecule has 1 unspecified atom stereocenters. The summed E-state index contributed by atoms with van der Waals surface area (Å²) in [5.41, 5.74) is 0.384. The molecule has 0 fully saturated rings.